The third-order valence-corrected chi connectivity index (χ3v) is 8.35. The van der Waals surface area contributed by atoms with Crippen molar-refractivity contribution in [3.63, 3.8) is 0 Å². The van der Waals surface area contributed by atoms with E-state index in [9.17, 15) is 9.90 Å². The smallest absolute Gasteiger partial charge is 0.205 e. The van der Waals surface area contributed by atoms with Gasteiger partial charge in [-0.25, -0.2) is 0 Å². The standard InChI is InChI=1S/C35H35NO6/c1-39-30-17-23-16-28(36-32(23)35(41-3)34(30)40-2)33(38)27-18-26-24(31-22(19-37)12-9-14-25(27)31)13-7-8-15-29(26)42-20-21-10-5-4-6-11-21/h4-8,10-11,13,15-18,22,27,36-37H,9,12,14,19-20H2,1-3H3. The van der Waals surface area contributed by atoms with Crippen LogP contribution in [-0.4, -0.2) is 43.8 Å². The fourth-order valence-corrected chi connectivity index (χ4v) is 6.40. The number of aliphatic hydroxyl groups is 1. The third kappa shape index (κ3) is 4.84. The summed E-state index contributed by atoms with van der Waals surface area (Å²) in [5.74, 6) is 1.56. The zero-order chi connectivity index (χ0) is 29.2. The van der Waals surface area contributed by atoms with Crippen molar-refractivity contribution in [3.05, 3.63) is 112 Å². The molecule has 0 saturated carbocycles. The molecule has 0 radical (unpaired) electrons. The van der Waals surface area contributed by atoms with E-state index in [1.165, 1.54) is 0 Å². The topological polar surface area (TPSA) is 90.0 Å². The lowest BCUT2D eigenvalue weighted by molar-refractivity contribution is 0.0950. The van der Waals surface area contributed by atoms with Crippen LogP contribution in [0.1, 0.15) is 35.3 Å². The Kier molecular flexibility index (Phi) is 7.76. The summed E-state index contributed by atoms with van der Waals surface area (Å²) < 4.78 is 23.1. The lowest BCUT2D eigenvalue weighted by Gasteiger charge is -2.36. The maximum absolute atomic E-state index is 14.4. The zero-order valence-electron chi connectivity index (χ0n) is 24.1. The van der Waals surface area contributed by atoms with Crippen molar-refractivity contribution in [1.82, 2.24) is 4.98 Å². The Morgan fingerprint density at radius 1 is 0.976 bits per heavy atom. The number of aliphatic hydroxyl groups excluding tert-OH is 1. The number of hydrogen-bond acceptors (Lipinski definition) is 6. The molecule has 6 rings (SSSR count). The molecule has 0 bridgehead atoms. The number of aromatic nitrogens is 1. The van der Waals surface area contributed by atoms with Crippen LogP contribution < -0.4 is 14.2 Å². The minimum Gasteiger partial charge on any atom is -0.493 e. The number of rotatable bonds is 9. The Labute approximate surface area is 245 Å². The first-order valence-electron chi connectivity index (χ1n) is 14.3. The predicted octanol–water partition coefficient (Wildman–Crippen LogP) is 6.62. The van der Waals surface area contributed by atoms with Crippen molar-refractivity contribution < 1.29 is 28.8 Å². The number of benzene rings is 2. The van der Waals surface area contributed by atoms with E-state index in [4.69, 9.17) is 18.9 Å². The van der Waals surface area contributed by atoms with Crippen LogP contribution in [0.5, 0.6) is 17.2 Å². The van der Waals surface area contributed by atoms with Crippen molar-refractivity contribution in [1.29, 1.82) is 0 Å². The van der Waals surface area contributed by atoms with E-state index >= 15 is 0 Å². The number of nitrogens with one attached hydrogen (secondary N) is 1. The minimum absolute atomic E-state index is 0.0289. The second kappa shape index (κ2) is 11.8. The SMILES string of the molecule is COc1cc2cc(C(=O)C3C=C4C(OCc5ccccc5)=CC=CC=C4C4=C3CCCC4CO)[nH]c2c(OC)c1OC. The number of H-pyrrole nitrogens is 1. The van der Waals surface area contributed by atoms with Crippen LogP contribution in [0.15, 0.2) is 101 Å². The first kappa shape index (κ1) is 27.7. The molecule has 0 amide bonds. The van der Waals surface area contributed by atoms with Gasteiger partial charge in [0.25, 0.3) is 0 Å². The van der Waals surface area contributed by atoms with Gasteiger partial charge >= 0.3 is 0 Å². The van der Waals surface area contributed by atoms with Crippen molar-refractivity contribution in [3.8, 4) is 17.2 Å². The lowest BCUT2D eigenvalue weighted by Crippen LogP contribution is -2.29. The lowest BCUT2D eigenvalue weighted by atomic mass is 9.68. The molecule has 216 valence electrons. The average molecular weight is 566 g/mol. The number of hydrogen-bond donors (Lipinski definition) is 2. The largest absolute Gasteiger partial charge is 0.493 e. The maximum Gasteiger partial charge on any atom is 0.205 e. The third-order valence-electron chi connectivity index (χ3n) is 8.35. The number of carbonyl (C=O) groups excluding carboxylic acids is 1. The summed E-state index contributed by atoms with van der Waals surface area (Å²) in [5, 5.41) is 11.2. The first-order valence-corrected chi connectivity index (χ1v) is 14.3. The highest BCUT2D eigenvalue weighted by Crippen LogP contribution is 2.48. The molecular weight excluding hydrogens is 530 g/mol. The van der Waals surface area contributed by atoms with E-state index in [0.717, 1.165) is 52.5 Å². The molecule has 0 fully saturated rings. The van der Waals surface area contributed by atoms with E-state index < -0.39 is 5.92 Å². The predicted molar refractivity (Wildman–Crippen MR) is 162 cm³/mol. The highest BCUT2D eigenvalue weighted by Gasteiger charge is 2.38. The van der Waals surface area contributed by atoms with E-state index in [1.807, 2.05) is 66.8 Å². The fraction of sp³-hybridized carbons (Fsp3) is 0.286. The Morgan fingerprint density at radius 2 is 1.76 bits per heavy atom. The molecule has 7 heteroatoms. The van der Waals surface area contributed by atoms with Gasteiger partial charge in [0.1, 0.15) is 12.4 Å². The van der Waals surface area contributed by atoms with Gasteiger partial charge in [0.05, 0.1) is 38.5 Å². The average Bonchev–Trinajstić information content (AvgIpc) is 3.36. The molecule has 2 N–H and O–H groups in total. The molecular formula is C35H35NO6. The molecule has 2 unspecified atom stereocenters. The van der Waals surface area contributed by atoms with E-state index in [-0.39, 0.29) is 18.3 Å². The molecule has 7 nitrogen and oxygen atoms in total. The van der Waals surface area contributed by atoms with Gasteiger partial charge in [-0.2, -0.15) is 0 Å². The molecule has 3 aromatic rings. The number of carbonyl (C=O) groups is 1. The molecule has 3 aliphatic rings. The Bertz CT molecular complexity index is 1670. The van der Waals surface area contributed by atoms with Gasteiger partial charge in [-0.3, -0.25) is 4.79 Å². The molecule has 0 spiro atoms. The molecule has 2 atom stereocenters. The highest BCUT2D eigenvalue weighted by atomic mass is 16.5. The van der Waals surface area contributed by atoms with Crippen molar-refractivity contribution in [2.24, 2.45) is 11.8 Å². The Balaban J connectivity index is 1.44. The molecule has 0 aliphatic heterocycles. The van der Waals surface area contributed by atoms with Crippen LogP contribution in [-0.2, 0) is 11.3 Å². The summed E-state index contributed by atoms with van der Waals surface area (Å²) in [7, 11) is 4.69. The van der Waals surface area contributed by atoms with Gasteiger partial charge in [0.15, 0.2) is 17.3 Å². The number of ether oxygens (including phenoxy) is 4. The number of methoxy groups -OCH3 is 3. The maximum atomic E-state index is 14.4. The van der Waals surface area contributed by atoms with Gasteiger partial charge in [-0.1, -0.05) is 60.2 Å². The molecule has 42 heavy (non-hydrogen) atoms. The quantitative estimate of drug-likeness (QED) is 0.284. The number of ketones is 1. The minimum atomic E-state index is -0.508. The van der Waals surface area contributed by atoms with Crippen molar-refractivity contribution >= 4 is 16.7 Å². The van der Waals surface area contributed by atoms with Crippen molar-refractivity contribution in [2.75, 3.05) is 27.9 Å². The van der Waals surface area contributed by atoms with Crippen LogP contribution in [0.25, 0.3) is 10.9 Å². The van der Waals surface area contributed by atoms with E-state index in [2.05, 4.69) is 11.1 Å². The van der Waals surface area contributed by atoms with Crippen LogP contribution in [0.4, 0.5) is 0 Å². The molecule has 0 saturated heterocycles. The molecule has 3 aliphatic carbocycles. The fourth-order valence-electron chi connectivity index (χ4n) is 6.40. The number of fused-ring (bicyclic) bond motifs is 3. The summed E-state index contributed by atoms with van der Waals surface area (Å²) in [4.78, 5) is 17.7. The van der Waals surface area contributed by atoms with Gasteiger partial charge in [-0.15, -0.1) is 0 Å². The van der Waals surface area contributed by atoms with E-state index in [1.54, 1.807) is 21.3 Å². The zero-order valence-corrected chi connectivity index (χ0v) is 24.1. The van der Waals surface area contributed by atoms with Crippen LogP contribution in [0.3, 0.4) is 0 Å². The van der Waals surface area contributed by atoms with Crippen molar-refractivity contribution in [2.45, 2.75) is 25.9 Å². The van der Waals surface area contributed by atoms with E-state index in [0.29, 0.717) is 40.8 Å². The summed E-state index contributed by atoms with van der Waals surface area (Å²) in [6.45, 7) is 0.436. The van der Waals surface area contributed by atoms with Gasteiger partial charge in [-0.05, 0) is 54.2 Å². The van der Waals surface area contributed by atoms with Crippen LogP contribution in [0, 0.1) is 11.8 Å². The van der Waals surface area contributed by atoms with Gasteiger partial charge in [0, 0.05) is 23.5 Å². The van der Waals surface area contributed by atoms with Gasteiger partial charge in [0.2, 0.25) is 5.75 Å². The van der Waals surface area contributed by atoms with Gasteiger partial charge < -0.3 is 29.0 Å². The van der Waals surface area contributed by atoms with Crippen LogP contribution >= 0.6 is 0 Å². The first-order chi connectivity index (χ1) is 20.6. The Morgan fingerprint density at radius 3 is 2.50 bits per heavy atom. The molecule has 2 aromatic carbocycles. The monoisotopic (exact) mass is 565 g/mol. The summed E-state index contributed by atoms with van der Waals surface area (Å²) in [5.41, 5.74) is 6.23. The number of aromatic amines is 1. The summed E-state index contributed by atoms with van der Waals surface area (Å²) >= 11 is 0. The normalized spacial score (nSPS) is 19.7. The van der Waals surface area contributed by atoms with Crippen LogP contribution in [0.2, 0.25) is 0 Å². The number of Topliss-reactive ketones (excluding diaryl/α,β-unsaturated/α-hetero) is 1. The Hall–Kier alpha value is -4.49. The summed E-state index contributed by atoms with van der Waals surface area (Å²) in [6.07, 6.45) is 12.6. The summed E-state index contributed by atoms with van der Waals surface area (Å²) in [6, 6.07) is 13.7. The molecule has 1 heterocycles. The number of allylic oxidation sites excluding steroid dienone is 7. The second-order valence-electron chi connectivity index (χ2n) is 10.7. The molecule has 1 aromatic heterocycles. The second-order valence-corrected chi connectivity index (χ2v) is 10.7. The highest BCUT2D eigenvalue weighted by molar-refractivity contribution is 6.05.